The van der Waals surface area contributed by atoms with Crippen molar-refractivity contribution in [2.45, 2.75) is 64.6 Å². The molecule has 30 heavy (non-hydrogen) atoms. The monoisotopic (exact) mass is 444 g/mol. The van der Waals surface area contributed by atoms with Crippen LogP contribution in [-0.2, 0) is 52.4 Å². The molecule has 5 atom stereocenters. The first-order valence-electron chi connectivity index (χ1n) is 8.30. The highest BCUT2D eigenvalue weighted by molar-refractivity contribution is 5.76. The molecule has 0 radical (unpaired) electrons. The topological polar surface area (TPSA) is 141 Å². The third-order valence-corrected chi connectivity index (χ3v) is 3.40. The Bertz CT molecular complexity index is 690. The SMILES string of the molecule is CC(=O)OC[C@H]1O[C@@H](OC(=O)C(F)(F)F)[C@H](OC(C)=O)[C@@H](OC(C)=O)[C@@H]1OC(C)=O. The van der Waals surface area contributed by atoms with E-state index in [-0.39, 0.29) is 0 Å². The summed E-state index contributed by atoms with van der Waals surface area (Å²) < 4.78 is 66.8. The lowest BCUT2D eigenvalue weighted by Crippen LogP contribution is -2.63. The highest BCUT2D eigenvalue weighted by Gasteiger charge is 2.55. The Labute approximate surface area is 167 Å². The van der Waals surface area contributed by atoms with Gasteiger partial charge in [-0.2, -0.15) is 13.2 Å². The summed E-state index contributed by atoms with van der Waals surface area (Å²) in [6, 6.07) is 0. The molecule has 1 aliphatic heterocycles. The first kappa shape index (κ1) is 25.1. The van der Waals surface area contributed by atoms with E-state index in [1.165, 1.54) is 0 Å². The second kappa shape index (κ2) is 10.2. The van der Waals surface area contributed by atoms with Gasteiger partial charge in [-0.25, -0.2) is 4.79 Å². The highest BCUT2D eigenvalue weighted by atomic mass is 19.4. The van der Waals surface area contributed by atoms with Gasteiger partial charge < -0.3 is 28.4 Å². The van der Waals surface area contributed by atoms with Crippen LogP contribution in [0.15, 0.2) is 0 Å². The fourth-order valence-electron chi connectivity index (χ4n) is 2.46. The van der Waals surface area contributed by atoms with E-state index in [1.54, 1.807) is 0 Å². The number of carbonyl (C=O) groups is 5. The van der Waals surface area contributed by atoms with Crippen molar-refractivity contribution < 1.29 is 65.6 Å². The van der Waals surface area contributed by atoms with Crippen LogP contribution in [0.3, 0.4) is 0 Å². The van der Waals surface area contributed by atoms with Gasteiger partial charge >= 0.3 is 36.0 Å². The minimum atomic E-state index is -5.43. The molecule has 0 spiro atoms. The Morgan fingerprint density at radius 2 is 1.20 bits per heavy atom. The Morgan fingerprint density at radius 1 is 0.733 bits per heavy atom. The van der Waals surface area contributed by atoms with Crippen molar-refractivity contribution in [3.8, 4) is 0 Å². The summed E-state index contributed by atoms with van der Waals surface area (Å²) in [4.78, 5) is 56.8. The quantitative estimate of drug-likeness (QED) is 0.409. The summed E-state index contributed by atoms with van der Waals surface area (Å²) in [6.45, 7) is 3.08. The third kappa shape index (κ3) is 7.50. The molecule has 170 valence electrons. The summed E-state index contributed by atoms with van der Waals surface area (Å²) in [5, 5.41) is 0. The van der Waals surface area contributed by atoms with Gasteiger partial charge in [0.15, 0.2) is 12.2 Å². The molecular formula is C16H19F3O11. The van der Waals surface area contributed by atoms with Crippen molar-refractivity contribution in [1.29, 1.82) is 0 Å². The number of rotatable bonds is 6. The predicted octanol–water partition coefficient (Wildman–Crippen LogP) is 0.175. The van der Waals surface area contributed by atoms with Crippen molar-refractivity contribution in [2.75, 3.05) is 6.61 Å². The Hall–Kier alpha value is -2.90. The molecule has 0 amide bonds. The fourth-order valence-corrected chi connectivity index (χ4v) is 2.46. The van der Waals surface area contributed by atoms with Crippen molar-refractivity contribution in [2.24, 2.45) is 0 Å². The summed E-state index contributed by atoms with van der Waals surface area (Å²) >= 11 is 0. The molecule has 0 aromatic heterocycles. The van der Waals surface area contributed by atoms with E-state index in [4.69, 9.17) is 23.7 Å². The summed E-state index contributed by atoms with van der Waals surface area (Å²) in [7, 11) is 0. The molecule has 0 aliphatic carbocycles. The molecule has 14 heteroatoms. The van der Waals surface area contributed by atoms with E-state index in [0.717, 1.165) is 27.7 Å². The van der Waals surface area contributed by atoms with Crippen LogP contribution in [0.5, 0.6) is 0 Å². The summed E-state index contributed by atoms with van der Waals surface area (Å²) in [5.74, 6) is -6.50. The molecule has 0 saturated carbocycles. The van der Waals surface area contributed by atoms with Gasteiger partial charge in [0, 0.05) is 27.7 Å². The number of hydrogen-bond donors (Lipinski definition) is 0. The van der Waals surface area contributed by atoms with Crippen molar-refractivity contribution in [3.63, 3.8) is 0 Å². The molecule has 0 unspecified atom stereocenters. The van der Waals surface area contributed by atoms with Crippen LogP contribution in [0.4, 0.5) is 13.2 Å². The van der Waals surface area contributed by atoms with Gasteiger partial charge in [-0.3, -0.25) is 19.2 Å². The lowest BCUT2D eigenvalue weighted by molar-refractivity contribution is -0.308. The Balaban J connectivity index is 3.37. The van der Waals surface area contributed by atoms with Crippen LogP contribution in [0.1, 0.15) is 27.7 Å². The van der Waals surface area contributed by atoms with E-state index in [9.17, 15) is 37.1 Å². The molecule has 0 aromatic rings. The van der Waals surface area contributed by atoms with Crippen LogP contribution < -0.4 is 0 Å². The Kier molecular flexibility index (Phi) is 8.57. The zero-order valence-electron chi connectivity index (χ0n) is 16.2. The average molecular weight is 444 g/mol. The van der Waals surface area contributed by atoms with Crippen LogP contribution in [0, 0.1) is 0 Å². The molecule has 11 nitrogen and oxygen atoms in total. The molecule has 1 aliphatic rings. The fraction of sp³-hybridized carbons (Fsp3) is 0.688. The first-order chi connectivity index (χ1) is 13.7. The van der Waals surface area contributed by atoms with Gasteiger partial charge in [0.1, 0.15) is 12.7 Å². The normalized spacial score (nSPS) is 26.2. The minimum absolute atomic E-state index is 0.683. The number of ether oxygens (including phenoxy) is 6. The van der Waals surface area contributed by atoms with Gasteiger partial charge in [-0.15, -0.1) is 0 Å². The van der Waals surface area contributed by atoms with Crippen molar-refractivity contribution in [1.82, 2.24) is 0 Å². The summed E-state index contributed by atoms with van der Waals surface area (Å²) in [6.07, 6.45) is -14.5. The first-order valence-corrected chi connectivity index (χ1v) is 8.30. The molecule has 0 N–H and O–H groups in total. The van der Waals surface area contributed by atoms with Crippen LogP contribution in [0.25, 0.3) is 0 Å². The smallest absolute Gasteiger partial charge is 0.463 e. The maximum atomic E-state index is 12.6. The van der Waals surface area contributed by atoms with Gasteiger partial charge in [-0.05, 0) is 0 Å². The molecular weight excluding hydrogens is 425 g/mol. The van der Waals surface area contributed by atoms with Crippen molar-refractivity contribution >= 4 is 29.8 Å². The standard InChI is InChI=1S/C16H19F3O11/c1-6(20)25-5-10-11(26-7(2)21)12(27-8(3)22)13(28-9(4)23)14(29-10)30-15(24)16(17,18)19/h10-14H,5H2,1-4H3/t10-,11-,12+,13-,14+/m1/s1. The molecule has 1 rings (SSSR count). The molecule has 1 saturated heterocycles. The van der Waals surface area contributed by atoms with Crippen molar-refractivity contribution in [3.05, 3.63) is 0 Å². The molecule has 1 heterocycles. The van der Waals surface area contributed by atoms with E-state index in [2.05, 4.69) is 4.74 Å². The number of esters is 5. The Morgan fingerprint density at radius 3 is 1.63 bits per heavy atom. The average Bonchev–Trinajstić information content (AvgIpc) is 2.56. The minimum Gasteiger partial charge on any atom is -0.463 e. The summed E-state index contributed by atoms with van der Waals surface area (Å²) in [5.41, 5.74) is 0. The number of alkyl halides is 3. The van der Waals surface area contributed by atoms with Crippen LogP contribution in [0.2, 0.25) is 0 Å². The van der Waals surface area contributed by atoms with E-state index in [0.29, 0.717) is 0 Å². The van der Waals surface area contributed by atoms with E-state index >= 15 is 0 Å². The number of hydrogen-bond acceptors (Lipinski definition) is 11. The lowest BCUT2D eigenvalue weighted by Gasteiger charge is -2.43. The number of carbonyl (C=O) groups excluding carboxylic acids is 5. The van der Waals surface area contributed by atoms with E-state index in [1.807, 2.05) is 0 Å². The maximum absolute atomic E-state index is 12.6. The maximum Gasteiger partial charge on any atom is 0.491 e. The largest absolute Gasteiger partial charge is 0.491 e. The molecule has 0 bridgehead atoms. The zero-order valence-corrected chi connectivity index (χ0v) is 16.2. The molecule has 1 fully saturated rings. The second-order valence-electron chi connectivity index (χ2n) is 5.97. The number of halogens is 3. The van der Waals surface area contributed by atoms with Crippen LogP contribution >= 0.6 is 0 Å². The van der Waals surface area contributed by atoms with E-state index < -0.39 is 73.3 Å². The second-order valence-corrected chi connectivity index (χ2v) is 5.97. The van der Waals surface area contributed by atoms with Gasteiger partial charge in [0.25, 0.3) is 0 Å². The highest BCUT2D eigenvalue weighted by Crippen LogP contribution is 2.31. The third-order valence-electron chi connectivity index (χ3n) is 3.40. The predicted molar refractivity (Wildman–Crippen MR) is 84.1 cm³/mol. The van der Waals surface area contributed by atoms with Gasteiger partial charge in [0.2, 0.25) is 12.4 Å². The zero-order chi connectivity index (χ0) is 23.2. The molecule has 0 aromatic carbocycles. The van der Waals surface area contributed by atoms with Gasteiger partial charge in [-0.1, -0.05) is 0 Å². The van der Waals surface area contributed by atoms with Crippen LogP contribution in [-0.4, -0.2) is 73.3 Å². The lowest BCUT2D eigenvalue weighted by atomic mass is 9.98. The van der Waals surface area contributed by atoms with Gasteiger partial charge in [0.05, 0.1) is 0 Å².